The van der Waals surface area contributed by atoms with Gasteiger partial charge in [0.05, 0.1) is 59.6 Å². The third-order valence-corrected chi connectivity index (χ3v) is 5.27. The number of hydrogen-bond donors (Lipinski definition) is 1. The number of benzene rings is 1. The van der Waals surface area contributed by atoms with Gasteiger partial charge in [0.25, 0.3) is 0 Å². The van der Waals surface area contributed by atoms with Gasteiger partial charge in [0.2, 0.25) is 0 Å². The molecule has 1 fully saturated rings. The van der Waals surface area contributed by atoms with E-state index in [9.17, 15) is 9.50 Å². The Morgan fingerprint density at radius 2 is 2.14 bits per heavy atom. The van der Waals surface area contributed by atoms with E-state index in [4.69, 9.17) is 16.3 Å². The molecule has 1 unspecified atom stereocenters. The van der Waals surface area contributed by atoms with Gasteiger partial charge in [0.15, 0.2) is 11.6 Å². The van der Waals surface area contributed by atoms with Gasteiger partial charge < -0.3 is 9.84 Å². The summed E-state index contributed by atoms with van der Waals surface area (Å²) < 4.78 is 22.3. The van der Waals surface area contributed by atoms with Gasteiger partial charge in [-0.3, -0.25) is 9.38 Å². The normalized spacial score (nSPS) is 15.0. The number of nitrogens with zero attached hydrogens (tertiary/aromatic N) is 6. The van der Waals surface area contributed by atoms with Crippen LogP contribution in [0.3, 0.4) is 0 Å². The lowest BCUT2D eigenvalue weighted by molar-refractivity contribution is 0.206. The molecule has 0 saturated heterocycles. The number of aromatic nitrogens is 6. The van der Waals surface area contributed by atoms with Crippen molar-refractivity contribution in [3.63, 3.8) is 0 Å². The van der Waals surface area contributed by atoms with Crippen molar-refractivity contribution in [3.8, 4) is 11.4 Å². The quantitative estimate of drug-likeness (QED) is 0.539. The summed E-state index contributed by atoms with van der Waals surface area (Å²) >= 11 is 6.07. The van der Waals surface area contributed by atoms with E-state index in [1.807, 2.05) is 4.40 Å². The van der Waals surface area contributed by atoms with Crippen LogP contribution in [0.15, 0.2) is 37.1 Å². The molecule has 1 aliphatic carbocycles. The fraction of sp³-hybridized carbons (Fsp3) is 0.263. The molecule has 0 radical (unpaired) electrons. The van der Waals surface area contributed by atoms with Crippen LogP contribution < -0.4 is 4.74 Å². The molecule has 4 aromatic rings. The van der Waals surface area contributed by atoms with E-state index in [1.165, 1.54) is 30.1 Å². The number of imidazole rings is 1. The summed E-state index contributed by atoms with van der Waals surface area (Å²) in [6.07, 6.45) is 7.60. The van der Waals surface area contributed by atoms with E-state index < -0.39 is 11.9 Å². The van der Waals surface area contributed by atoms with Crippen LogP contribution in [0.25, 0.3) is 11.2 Å². The highest BCUT2D eigenvalue weighted by molar-refractivity contribution is 6.32. The van der Waals surface area contributed by atoms with Crippen molar-refractivity contribution in [2.75, 3.05) is 7.11 Å². The number of rotatable bonds is 5. The molecule has 3 aromatic heterocycles. The first-order chi connectivity index (χ1) is 14.1. The minimum Gasteiger partial charge on any atom is -0.492 e. The van der Waals surface area contributed by atoms with E-state index in [0.29, 0.717) is 23.0 Å². The van der Waals surface area contributed by atoms with E-state index in [1.54, 1.807) is 18.7 Å². The third-order valence-electron chi connectivity index (χ3n) is 4.99. The van der Waals surface area contributed by atoms with Crippen molar-refractivity contribution in [2.24, 2.45) is 0 Å². The molecule has 0 spiro atoms. The van der Waals surface area contributed by atoms with Crippen LogP contribution in [-0.4, -0.2) is 41.6 Å². The molecule has 29 heavy (non-hydrogen) atoms. The lowest BCUT2D eigenvalue weighted by atomic mass is 10.1. The first-order valence-electron chi connectivity index (χ1n) is 9.01. The van der Waals surface area contributed by atoms with Crippen molar-refractivity contribution >= 4 is 17.1 Å². The lowest BCUT2D eigenvalue weighted by Gasteiger charge is -2.15. The highest BCUT2D eigenvalue weighted by Crippen LogP contribution is 2.42. The Balaban J connectivity index is 1.56. The molecule has 0 aliphatic heterocycles. The summed E-state index contributed by atoms with van der Waals surface area (Å²) in [5, 5.41) is 19.3. The van der Waals surface area contributed by atoms with Crippen molar-refractivity contribution in [3.05, 3.63) is 65.0 Å². The topological polar surface area (TPSA) is 90.4 Å². The Bertz CT molecular complexity index is 1200. The Kier molecular flexibility index (Phi) is 4.21. The summed E-state index contributed by atoms with van der Waals surface area (Å²) in [6.45, 7) is 0. The summed E-state index contributed by atoms with van der Waals surface area (Å²) in [4.78, 5) is 8.69. The maximum Gasteiger partial charge on any atom is 0.173 e. The molecule has 1 saturated carbocycles. The second kappa shape index (κ2) is 6.78. The van der Waals surface area contributed by atoms with Crippen molar-refractivity contribution in [1.29, 1.82) is 0 Å². The number of halogens is 2. The second-order valence-electron chi connectivity index (χ2n) is 6.92. The Hall–Kier alpha value is -3.04. The van der Waals surface area contributed by atoms with Gasteiger partial charge in [0.1, 0.15) is 11.8 Å². The fourth-order valence-corrected chi connectivity index (χ4v) is 3.69. The largest absolute Gasteiger partial charge is 0.492 e. The number of hydrogen-bond acceptors (Lipinski definition) is 6. The molecule has 0 amide bonds. The standard InChI is InChI=1S/C19H16ClFN6O2/c1-29-19-13(20)4-11(5-14(19)21)27-8-15(24-25-27)18(28)17-16(10-2-3-10)23-7-12-6-22-9-26(12)17/h4-10,18,28H,2-3H2,1H3. The van der Waals surface area contributed by atoms with Gasteiger partial charge in [-0.2, -0.15) is 0 Å². The highest BCUT2D eigenvalue weighted by atomic mass is 35.5. The van der Waals surface area contributed by atoms with Gasteiger partial charge in [-0.15, -0.1) is 5.10 Å². The van der Waals surface area contributed by atoms with E-state index >= 15 is 0 Å². The summed E-state index contributed by atoms with van der Waals surface area (Å²) in [5.74, 6) is -0.338. The average Bonchev–Trinajstić information content (AvgIpc) is 3.24. The molecule has 1 atom stereocenters. The number of ether oxygens (including phenoxy) is 1. The van der Waals surface area contributed by atoms with E-state index in [0.717, 1.165) is 24.1 Å². The molecule has 10 heteroatoms. The highest BCUT2D eigenvalue weighted by Gasteiger charge is 2.32. The zero-order chi connectivity index (χ0) is 20.1. The predicted molar refractivity (Wildman–Crippen MR) is 102 cm³/mol. The van der Waals surface area contributed by atoms with Gasteiger partial charge in [-0.25, -0.2) is 14.1 Å². The molecule has 5 rings (SSSR count). The number of aliphatic hydroxyl groups is 1. The van der Waals surface area contributed by atoms with Crippen LogP contribution in [-0.2, 0) is 0 Å². The van der Waals surface area contributed by atoms with E-state index in [2.05, 4.69) is 20.3 Å². The second-order valence-corrected chi connectivity index (χ2v) is 7.33. The summed E-state index contributed by atoms with van der Waals surface area (Å²) in [6, 6.07) is 2.76. The molecule has 1 aliphatic rings. The molecule has 1 aromatic carbocycles. The van der Waals surface area contributed by atoms with Crippen molar-refractivity contribution in [1.82, 2.24) is 29.4 Å². The molecule has 1 N–H and O–H groups in total. The number of fused-ring (bicyclic) bond motifs is 1. The predicted octanol–water partition coefficient (Wildman–Crippen LogP) is 3.07. The Labute approximate surface area is 169 Å². The molecular weight excluding hydrogens is 399 g/mol. The monoisotopic (exact) mass is 414 g/mol. The summed E-state index contributed by atoms with van der Waals surface area (Å²) in [5.41, 5.74) is 2.90. The van der Waals surface area contributed by atoms with Gasteiger partial charge in [0, 0.05) is 12.0 Å². The fourth-order valence-electron chi connectivity index (χ4n) is 3.41. The van der Waals surface area contributed by atoms with Crippen LogP contribution in [0.2, 0.25) is 5.02 Å². The van der Waals surface area contributed by atoms with Gasteiger partial charge in [-0.05, 0) is 18.9 Å². The van der Waals surface area contributed by atoms with Crippen molar-refractivity contribution < 1.29 is 14.2 Å². The zero-order valence-corrected chi connectivity index (χ0v) is 16.1. The smallest absolute Gasteiger partial charge is 0.173 e. The van der Waals surface area contributed by atoms with Crippen LogP contribution >= 0.6 is 11.6 Å². The van der Waals surface area contributed by atoms with Crippen molar-refractivity contribution in [2.45, 2.75) is 24.9 Å². The van der Waals surface area contributed by atoms with Crippen LogP contribution in [0.1, 0.15) is 41.9 Å². The first kappa shape index (κ1) is 18.0. The minimum atomic E-state index is -1.07. The van der Waals surface area contributed by atoms with Crippen LogP contribution in [0, 0.1) is 5.82 Å². The maximum atomic E-state index is 14.2. The average molecular weight is 415 g/mol. The van der Waals surface area contributed by atoms with Crippen LogP contribution in [0.5, 0.6) is 5.75 Å². The minimum absolute atomic E-state index is 0.0391. The molecule has 3 heterocycles. The van der Waals surface area contributed by atoms with Gasteiger partial charge in [-0.1, -0.05) is 16.8 Å². The number of methoxy groups -OCH3 is 1. The van der Waals surface area contributed by atoms with Gasteiger partial charge >= 0.3 is 0 Å². The molecular formula is C19H16ClFN6O2. The molecule has 148 valence electrons. The molecule has 0 bridgehead atoms. The first-order valence-corrected chi connectivity index (χ1v) is 9.39. The molecule has 8 nitrogen and oxygen atoms in total. The number of aliphatic hydroxyl groups excluding tert-OH is 1. The summed E-state index contributed by atoms with van der Waals surface area (Å²) in [7, 11) is 1.34. The Morgan fingerprint density at radius 1 is 1.31 bits per heavy atom. The van der Waals surface area contributed by atoms with E-state index in [-0.39, 0.29) is 10.8 Å². The zero-order valence-electron chi connectivity index (χ0n) is 15.3. The Morgan fingerprint density at radius 3 is 2.86 bits per heavy atom. The third kappa shape index (κ3) is 3.02. The SMILES string of the molecule is COc1c(F)cc(-n2cc(C(O)c3c(C4CC4)ncc4cncn34)nn2)cc1Cl. The maximum absolute atomic E-state index is 14.2. The van der Waals surface area contributed by atoms with Crippen LogP contribution in [0.4, 0.5) is 4.39 Å². The lowest BCUT2D eigenvalue weighted by Crippen LogP contribution is -2.11.